The number of aromatic nitrogens is 1. The van der Waals surface area contributed by atoms with E-state index in [-0.39, 0.29) is 5.82 Å². The number of hydrogen-bond donors (Lipinski definition) is 1. The molecule has 0 spiro atoms. The van der Waals surface area contributed by atoms with Crippen molar-refractivity contribution >= 4 is 27.3 Å². The predicted molar refractivity (Wildman–Crippen MR) is 80.0 cm³/mol. The van der Waals surface area contributed by atoms with Crippen molar-refractivity contribution in [2.75, 3.05) is 24.3 Å². The smallest absolute Gasteiger partial charge is 0.137 e. The molecule has 5 heteroatoms. The summed E-state index contributed by atoms with van der Waals surface area (Å²) in [4.78, 5) is 6.11. The molecule has 0 amide bonds. The molecule has 0 bridgehead atoms. The summed E-state index contributed by atoms with van der Waals surface area (Å²) < 4.78 is 13.9. The quantitative estimate of drug-likeness (QED) is 0.930. The average molecular weight is 324 g/mol. The molecule has 1 aromatic carbocycles. The van der Waals surface area contributed by atoms with Gasteiger partial charge in [0.1, 0.15) is 5.82 Å². The van der Waals surface area contributed by atoms with Crippen LogP contribution in [0.2, 0.25) is 0 Å². The summed E-state index contributed by atoms with van der Waals surface area (Å²) in [5.74, 6) is -0.252. The lowest BCUT2D eigenvalue weighted by molar-refractivity contribution is 0.619. The summed E-state index contributed by atoms with van der Waals surface area (Å²) in [5.41, 5.74) is 2.86. The summed E-state index contributed by atoms with van der Waals surface area (Å²) in [6, 6.07) is 7.04. The first kappa shape index (κ1) is 13.8. The van der Waals surface area contributed by atoms with Crippen molar-refractivity contribution in [1.82, 2.24) is 4.98 Å². The highest BCUT2D eigenvalue weighted by atomic mass is 79.9. The summed E-state index contributed by atoms with van der Waals surface area (Å²) >= 11 is 3.14. The van der Waals surface area contributed by atoms with E-state index < -0.39 is 0 Å². The second-order valence-corrected chi connectivity index (χ2v) is 5.24. The highest BCUT2D eigenvalue weighted by Gasteiger charge is 2.05. The Morgan fingerprint density at radius 3 is 2.79 bits per heavy atom. The van der Waals surface area contributed by atoms with Crippen molar-refractivity contribution in [3.05, 3.63) is 52.5 Å². The van der Waals surface area contributed by atoms with Crippen LogP contribution in [0, 0.1) is 5.82 Å². The largest absolute Gasteiger partial charge is 0.378 e. The Kier molecular flexibility index (Phi) is 4.37. The zero-order valence-electron chi connectivity index (χ0n) is 10.8. The summed E-state index contributed by atoms with van der Waals surface area (Å²) in [7, 11) is 3.94. The Hall–Kier alpha value is -1.62. The maximum absolute atomic E-state index is 13.4. The fourth-order valence-corrected chi connectivity index (χ4v) is 2.01. The first-order valence-electron chi connectivity index (χ1n) is 5.87. The molecule has 2 rings (SSSR count). The molecule has 0 saturated carbocycles. The fourth-order valence-electron chi connectivity index (χ4n) is 1.76. The zero-order chi connectivity index (χ0) is 13.8. The topological polar surface area (TPSA) is 28.2 Å². The molecule has 19 heavy (non-hydrogen) atoms. The van der Waals surface area contributed by atoms with Gasteiger partial charge in [-0.3, -0.25) is 4.98 Å². The van der Waals surface area contributed by atoms with Crippen LogP contribution in [-0.4, -0.2) is 19.1 Å². The molecule has 0 radical (unpaired) electrons. The summed E-state index contributed by atoms with van der Waals surface area (Å²) in [6.07, 6.45) is 3.52. The van der Waals surface area contributed by atoms with Gasteiger partial charge in [0.2, 0.25) is 0 Å². The van der Waals surface area contributed by atoms with Crippen LogP contribution in [0.15, 0.2) is 41.1 Å². The zero-order valence-corrected chi connectivity index (χ0v) is 12.4. The third-order valence-electron chi connectivity index (χ3n) is 2.75. The van der Waals surface area contributed by atoms with Crippen LogP contribution in [0.4, 0.5) is 15.8 Å². The van der Waals surface area contributed by atoms with Crippen molar-refractivity contribution < 1.29 is 4.39 Å². The SMILES string of the molecule is CN(C)c1ccncc1NCc1ccc(Br)c(F)c1. The average Bonchev–Trinajstić information content (AvgIpc) is 2.40. The summed E-state index contributed by atoms with van der Waals surface area (Å²) in [5, 5.41) is 3.27. The van der Waals surface area contributed by atoms with Gasteiger partial charge in [0.05, 0.1) is 22.0 Å². The molecule has 1 N–H and O–H groups in total. The molecule has 2 aromatic rings. The predicted octanol–water partition coefficient (Wildman–Crippen LogP) is 3.66. The number of nitrogens with zero attached hydrogens (tertiary/aromatic N) is 2. The molecule has 0 saturated heterocycles. The Morgan fingerprint density at radius 1 is 1.32 bits per heavy atom. The second-order valence-electron chi connectivity index (χ2n) is 4.39. The molecule has 100 valence electrons. The lowest BCUT2D eigenvalue weighted by atomic mass is 10.2. The van der Waals surface area contributed by atoms with Gasteiger partial charge in [0, 0.05) is 26.8 Å². The first-order chi connectivity index (χ1) is 9.08. The minimum atomic E-state index is -0.252. The number of rotatable bonds is 4. The van der Waals surface area contributed by atoms with Crippen LogP contribution in [0.1, 0.15) is 5.56 Å². The minimum Gasteiger partial charge on any atom is -0.378 e. The first-order valence-corrected chi connectivity index (χ1v) is 6.66. The third kappa shape index (κ3) is 3.44. The lowest BCUT2D eigenvalue weighted by Gasteiger charge is -2.17. The van der Waals surface area contributed by atoms with E-state index in [1.807, 2.05) is 31.1 Å². The standard InChI is InChI=1S/C14H15BrFN3/c1-19(2)14-5-6-17-9-13(14)18-8-10-3-4-11(15)12(16)7-10/h3-7,9,18H,8H2,1-2H3. The van der Waals surface area contributed by atoms with Crippen LogP contribution in [0.3, 0.4) is 0 Å². The van der Waals surface area contributed by atoms with Crippen LogP contribution >= 0.6 is 15.9 Å². The molecule has 0 aliphatic rings. The van der Waals surface area contributed by atoms with Crippen molar-refractivity contribution in [2.45, 2.75) is 6.54 Å². The van der Waals surface area contributed by atoms with E-state index in [0.29, 0.717) is 11.0 Å². The van der Waals surface area contributed by atoms with Crippen LogP contribution in [0.25, 0.3) is 0 Å². The van der Waals surface area contributed by atoms with Gasteiger partial charge in [0.15, 0.2) is 0 Å². The maximum atomic E-state index is 13.4. The normalized spacial score (nSPS) is 10.3. The van der Waals surface area contributed by atoms with Crippen molar-refractivity contribution in [3.8, 4) is 0 Å². The van der Waals surface area contributed by atoms with E-state index >= 15 is 0 Å². The highest BCUT2D eigenvalue weighted by molar-refractivity contribution is 9.10. The van der Waals surface area contributed by atoms with E-state index in [1.54, 1.807) is 18.5 Å². The van der Waals surface area contributed by atoms with Gasteiger partial charge in [-0.25, -0.2) is 4.39 Å². The van der Waals surface area contributed by atoms with Crippen LogP contribution in [-0.2, 0) is 6.54 Å². The van der Waals surface area contributed by atoms with Gasteiger partial charge in [-0.15, -0.1) is 0 Å². The fraction of sp³-hybridized carbons (Fsp3) is 0.214. The van der Waals surface area contributed by atoms with E-state index in [9.17, 15) is 4.39 Å². The van der Waals surface area contributed by atoms with Gasteiger partial charge >= 0.3 is 0 Å². The molecule has 0 fully saturated rings. The Bertz CT molecular complexity index is 572. The number of anilines is 2. The summed E-state index contributed by atoms with van der Waals surface area (Å²) in [6.45, 7) is 0.552. The molecule has 3 nitrogen and oxygen atoms in total. The number of halogens is 2. The molecule has 0 unspecified atom stereocenters. The maximum Gasteiger partial charge on any atom is 0.137 e. The van der Waals surface area contributed by atoms with Crippen molar-refractivity contribution in [3.63, 3.8) is 0 Å². The highest BCUT2D eigenvalue weighted by Crippen LogP contribution is 2.23. The Labute approximate surface area is 120 Å². The minimum absolute atomic E-state index is 0.252. The molecule has 0 atom stereocenters. The van der Waals surface area contributed by atoms with Crippen LogP contribution < -0.4 is 10.2 Å². The van der Waals surface area contributed by atoms with Gasteiger partial charge in [-0.05, 0) is 39.7 Å². The number of hydrogen-bond acceptors (Lipinski definition) is 3. The second kappa shape index (κ2) is 6.02. The number of nitrogens with one attached hydrogen (secondary N) is 1. The molecule has 0 aliphatic heterocycles. The molecule has 1 aromatic heterocycles. The Balaban J connectivity index is 2.12. The van der Waals surface area contributed by atoms with Crippen molar-refractivity contribution in [2.24, 2.45) is 0 Å². The molecular formula is C14H15BrFN3. The number of benzene rings is 1. The molecule has 0 aliphatic carbocycles. The lowest BCUT2D eigenvalue weighted by Crippen LogP contribution is -2.12. The number of pyridine rings is 1. The van der Waals surface area contributed by atoms with Gasteiger partial charge in [-0.1, -0.05) is 6.07 Å². The van der Waals surface area contributed by atoms with E-state index in [1.165, 1.54) is 6.07 Å². The van der Waals surface area contributed by atoms with Gasteiger partial charge in [0.25, 0.3) is 0 Å². The van der Waals surface area contributed by atoms with Crippen LogP contribution in [0.5, 0.6) is 0 Å². The third-order valence-corrected chi connectivity index (χ3v) is 3.39. The van der Waals surface area contributed by atoms with Crippen molar-refractivity contribution in [1.29, 1.82) is 0 Å². The van der Waals surface area contributed by atoms with Gasteiger partial charge in [-0.2, -0.15) is 0 Å². The molecule has 1 heterocycles. The van der Waals surface area contributed by atoms with E-state index in [2.05, 4.69) is 26.2 Å². The Morgan fingerprint density at radius 2 is 2.11 bits per heavy atom. The van der Waals surface area contributed by atoms with E-state index in [4.69, 9.17) is 0 Å². The van der Waals surface area contributed by atoms with Gasteiger partial charge < -0.3 is 10.2 Å². The molecular weight excluding hydrogens is 309 g/mol. The monoisotopic (exact) mass is 323 g/mol. The van der Waals surface area contributed by atoms with E-state index in [0.717, 1.165) is 16.9 Å².